The summed E-state index contributed by atoms with van der Waals surface area (Å²) in [4.78, 5) is 16.4. The second-order valence-corrected chi connectivity index (χ2v) is 6.11. The van der Waals surface area contributed by atoms with Crippen LogP contribution in [-0.4, -0.2) is 55.6 Å². The fourth-order valence-electron chi connectivity index (χ4n) is 3.13. The van der Waals surface area contributed by atoms with Crippen molar-refractivity contribution in [3.8, 4) is 11.1 Å². The van der Waals surface area contributed by atoms with E-state index >= 15 is 0 Å². The summed E-state index contributed by atoms with van der Waals surface area (Å²) in [5, 5.41) is 0. The molecule has 1 fully saturated rings. The zero-order valence-corrected chi connectivity index (χ0v) is 14.1. The Bertz CT molecular complexity index is 672. The van der Waals surface area contributed by atoms with Crippen LogP contribution in [0.1, 0.15) is 5.56 Å². The van der Waals surface area contributed by atoms with E-state index in [1.165, 1.54) is 16.7 Å². The van der Waals surface area contributed by atoms with E-state index in [1.54, 1.807) is 7.11 Å². The van der Waals surface area contributed by atoms with Crippen molar-refractivity contribution in [2.24, 2.45) is 0 Å². The molecule has 0 atom stereocenters. The topological polar surface area (TPSA) is 32.8 Å². The van der Waals surface area contributed by atoms with Crippen molar-refractivity contribution < 1.29 is 9.53 Å². The number of amides is 1. The van der Waals surface area contributed by atoms with Crippen molar-refractivity contribution in [3.05, 3.63) is 60.2 Å². The lowest BCUT2D eigenvalue weighted by Crippen LogP contribution is -2.50. The Morgan fingerprint density at radius 3 is 2.50 bits per heavy atom. The van der Waals surface area contributed by atoms with Crippen LogP contribution in [0.15, 0.2) is 54.6 Å². The van der Waals surface area contributed by atoms with Gasteiger partial charge in [0.1, 0.15) is 0 Å². The first-order valence-electron chi connectivity index (χ1n) is 8.40. The van der Waals surface area contributed by atoms with Crippen molar-refractivity contribution in [2.45, 2.75) is 6.54 Å². The summed E-state index contributed by atoms with van der Waals surface area (Å²) in [6, 6.07) is 18.9. The molecule has 0 radical (unpaired) electrons. The fraction of sp³-hybridized carbons (Fsp3) is 0.350. The van der Waals surface area contributed by atoms with Gasteiger partial charge in [-0.3, -0.25) is 9.69 Å². The molecule has 1 heterocycles. The maximum absolute atomic E-state index is 12.3. The molecule has 4 nitrogen and oxygen atoms in total. The van der Waals surface area contributed by atoms with Crippen LogP contribution in [0.3, 0.4) is 0 Å². The third-order valence-electron chi connectivity index (χ3n) is 4.46. The van der Waals surface area contributed by atoms with Gasteiger partial charge in [0.05, 0.1) is 13.2 Å². The predicted octanol–water partition coefficient (Wildman–Crippen LogP) is 2.64. The van der Waals surface area contributed by atoms with Crippen LogP contribution < -0.4 is 0 Å². The van der Waals surface area contributed by atoms with Crippen LogP contribution in [0.5, 0.6) is 0 Å². The lowest BCUT2D eigenvalue weighted by molar-refractivity contribution is -0.136. The number of carbonyl (C=O) groups excluding carboxylic acids is 1. The summed E-state index contributed by atoms with van der Waals surface area (Å²) in [7, 11) is 1.67. The van der Waals surface area contributed by atoms with E-state index in [2.05, 4.69) is 53.4 Å². The first kappa shape index (κ1) is 16.7. The highest BCUT2D eigenvalue weighted by atomic mass is 16.5. The molecule has 0 spiro atoms. The van der Waals surface area contributed by atoms with Crippen LogP contribution in [0, 0.1) is 0 Å². The maximum Gasteiger partial charge on any atom is 0.236 e. The summed E-state index contributed by atoms with van der Waals surface area (Å²) < 4.78 is 5.07. The second-order valence-electron chi connectivity index (χ2n) is 6.11. The molecule has 1 saturated heterocycles. The van der Waals surface area contributed by atoms with Gasteiger partial charge in [0.15, 0.2) is 0 Å². The fourth-order valence-corrected chi connectivity index (χ4v) is 3.13. The molecule has 0 saturated carbocycles. The summed E-state index contributed by atoms with van der Waals surface area (Å²) in [5.74, 6) is 0.190. The minimum absolute atomic E-state index is 0.190. The lowest BCUT2D eigenvalue weighted by atomic mass is 9.99. The van der Waals surface area contributed by atoms with Gasteiger partial charge in [-0.05, 0) is 16.7 Å². The van der Waals surface area contributed by atoms with Gasteiger partial charge in [0, 0.05) is 33.3 Å². The van der Waals surface area contributed by atoms with Crippen molar-refractivity contribution >= 4 is 5.91 Å². The average molecular weight is 324 g/mol. The van der Waals surface area contributed by atoms with Crippen LogP contribution in [0.2, 0.25) is 0 Å². The van der Waals surface area contributed by atoms with E-state index in [-0.39, 0.29) is 5.91 Å². The number of rotatable bonds is 6. The van der Waals surface area contributed by atoms with Gasteiger partial charge < -0.3 is 9.64 Å². The Morgan fingerprint density at radius 1 is 1.00 bits per heavy atom. The summed E-state index contributed by atoms with van der Waals surface area (Å²) in [6.07, 6.45) is 0. The van der Waals surface area contributed by atoms with Gasteiger partial charge in [-0.1, -0.05) is 54.6 Å². The molecule has 0 unspecified atom stereocenters. The van der Waals surface area contributed by atoms with E-state index in [1.807, 2.05) is 11.0 Å². The van der Waals surface area contributed by atoms with E-state index in [9.17, 15) is 4.79 Å². The lowest BCUT2D eigenvalue weighted by Gasteiger charge is -2.34. The molecule has 1 aliphatic heterocycles. The van der Waals surface area contributed by atoms with Crippen LogP contribution in [-0.2, 0) is 16.1 Å². The number of benzene rings is 2. The summed E-state index contributed by atoms with van der Waals surface area (Å²) in [5.41, 5.74) is 3.73. The smallest absolute Gasteiger partial charge is 0.236 e. The Hall–Kier alpha value is -2.17. The first-order valence-corrected chi connectivity index (χ1v) is 8.40. The molecule has 2 aromatic carbocycles. The minimum Gasteiger partial charge on any atom is -0.383 e. The van der Waals surface area contributed by atoms with E-state index in [0.29, 0.717) is 19.7 Å². The molecule has 0 aromatic heterocycles. The van der Waals surface area contributed by atoms with Gasteiger partial charge >= 0.3 is 0 Å². The monoisotopic (exact) mass is 324 g/mol. The van der Waals surface area contributed by atoms with Crippen molar-refractivity contribution in [2.75, 3.05) is 39.9 Å². The summed E-state index contributed by atoms with van der Waals surface area (Å²) in [6.45, 7) is 4.24. The highest BCUT2D eigenvalue weighted by Gasteiger charge is 2.24. The van der Waals surface area contributed by atoms with E-state index < -0.39 is 0 Å². The van der Waals surface area contributed by atoms with Crippen molar-refractivity contribution in [1.29, 1.82) is 0 Å². The van der Waals surface area contributed by atoms with Crippen molar-refractivity contribution in [1.82, 2.24) is 9.80 Å². The number of nitrogens with zero attached hydrogens (tertiary/aromatic N) is 2. The molecule has 3 rings (SSSR count). The molecule has 1 amide bonds. The van der Waals surface area contributed by atoms with E-state index in [4.69, 9.17) is 4.74 Å². The molecule has 24 heavy (non-hydrogen) atoms. The molecular formula is C20H24N2O2. The number of methoxy groups -OCH3 is 1. The minimum atomic E-state index is 0.190. The first-order chi connectivity index (χ1) is 11.8. The maximum atomic E-state index is 12.3. The number of hydrogen-bond acceptors (Lipinski definition) is 3. The molecule has 0 aliphatic carbocycles. The Balaban J connectivity index is 1.69. The SMILES string of the molecule is COCCN1CCN(Cc2ccccc2-c2ccccc2)CC1=O. The largest absolute Gasteiger partial charge is 0.383 e. The molecule has 1 aliphatic rings. The molecule has 4 heteroatoms. The van der Waals surface area contributed by atoms with Crippen LogP contribution in [0.4, 0.5) is 0 Å². The highest BCUT2D eigenvalue weighted by Crippen LogP contribution is 2.24. The average Bonchev–Trinajstić information content (AvgIpc) is 2.62. The molecule has 0 N–H and O–H groups in total. The van der Waals surface area contributed by atoms with Crippen LogP contribution in [0.25, 0.3) is 11.1 Å². The molecular weight excluding hydrogens is 300 g/mol. The zero-order chi connectivity index (χ0) is 16.8. The van der Waals surface area contributed by atoms with Gasteiger partial charge in [0.2, 0.25) is 5.91 Å². The Kier molecular flexibility index (Phi) is 5.62. The van der Waals surface area contributed by atoms with Crippen molar-refractivity contribution in [3.63, 3.8) is 0 Å². The summed E-state index contributed by atoms with van der Waals surface area (Å²) >= 11 is 0. The van der Waals surface area contributed by atoms with E-state index in [0.717, 1.165) is 19.6 Å². The standard InChI is InChI=1S/C20H24N2O2/c1-24-14-13-22-12-11-21(16-20(22)23)15-18-9-5-6-10-19(18)17-7-3-2-4-8-17/h2-10H,11-16H2,1H3. The number of piperazine rings is 1. The highest BCUT2D eigenvalue weighted by molar-refractivity contribution is 5.79. The number of hydrogen-bond donors (Lipinski definition) is 0. The Labute approximate surface area is 143 Å². The van der Waals surface area contributed by atoms with Crippen LogP contribution >= 0.6 is 0 Å². The molecule has 2 aromatic rings. The van der Waals surface area contributed by atoms with Gasteiger partial charge in [-0.15, -0.1) is 0 Å². The second kappa shape index (κ2) is 8.08. The van der Waals surface area contributed by atoms with Gasteiger partial charge in [0.25, 0.3) is 0 Å². The molecule has 126 valence electrons. The molecule has 0 bridgehead atoms. The van der Waals surface area contributed by atoms with Gasteiger partial charge in [-0.2, -0.15) is 0 Å². The number of carbonyl (C=O) groups is 1. The normalized spacial score (nSPS) is 15.7. The third-order valence-corrected chi connectivity index (χ3v) is 4.46. The Morgan fingerprint density at radius 2 is 1.75 bits per heavy atom. The predicted molar refractivity (Wildman–Crippen MR) is 95.6 cm³/mol. The zero-order valence-electron chi connectivity index (χ0n) is 14.1. The van der Waals surface area contributed by atoms with Gasteiger partial charge in [-0.25, -0.2) is 0 Å². The third kappa shape index (κ3) is 4.02. The number of ether oxygens (including phenoxy) is 1. The quantitative estimate of drug-likeness (QED) is 0.819.